The molecule has 0 fully saturated rings. The van der Waals surface area contributed by atoms with E-state index in [1.807, 2.05) is 18.2 Å². The summed E-state index contributed by atoms with van der Waals surface area (Å²) in [4.78, 5) is 30.7. The van der Waals surface area contributed by atoms with E-state index < -0.39 is 18.3 Å². The Morgan fingerprint density at radius 2 is 1.30 bits per heavy atom. The first-order chi connectivity index (χ1) is 19.8. The van der Waals surface area contributed by atoms with Crippen LogP contribution in [0.15, 0.2) is 93.5 Å². The number of carbonyl (C=O) groups excluding carboxylic acids is 1. The number of fused-ring (bicyclic) bond motifs is 4. The molecule has 1 aliphatic heterocycles. The normalized spacial score (nSPS) is 19.6. The zero-order valence-electron chi connectivity index (χ0n) is 23.6. The number of halogens is 6. The number of allylic oxidation sites excluding steroid dienone is 4. The van der Waals surface area contributed by atoms with Crippen molar-refractivity contribution in [3.63, 3.8) is 0 Å². The van der Waals surface area contributed by atoms with Crippen molar-refractivity contribution in [1.82, 2.24) is 0 Å². The van der Waals surface area contributed by atoms with Gasteiger partial charge in [0.1, 0.15) is 20.6 Å². The summed E-state index contributed by atoms with van der Waals surface area (Å²) < 4.78 is 61.2. The van der Waals surface area contributed by atoms with Crippen LogP contribution in [0.2, 0.25) is 0 Å². The monoisotopic (exact) mass is 654 g/mol. The number of hydrogen-bond acceptors (Lipinski definition) is 3. The van der Waals surface area contributed by atoms with Crippen molar-refractivity contribution in [2.45, 2.75) is 49.3 Å². The van der Waals surface area contributed by atoms with Gasteiger partial charge in [-0.1, -0.05) is 68.5 Å². The first-order valence-corrected chi connectivity index (χ1v) is 17.7. The van der Waals surface area contributed by atoms with Crippen molar-refractivity contribution in [1.29, 1.82) is 0 Å². The van der Waals surface area contributed by atoms with E-state index in [1.54, 1.807) is 11.3 Å². The molecular weight excluding hydrogens is 625 g/mol. The topological polar surface area (TPSA) is 34.1 Å². The van der Waals surface area contributed by atoms with Crippen LogP contribution in [-0.2, 0) is 10.5 Å². The van der Waals surface area contributed by atoms with Gasteiger partial charge in [-0.25, -0.2) is 0 Å². The summed E-state index contributed by atoms with van der Waals surface area (Å²) in [5.41, 5.74) is 3.31. The Morgan fingerprint density at radius 1 is 0.744 bits per heavy atom. The van der Waals surface area contributed by atoms with Gasteiger partial charge in [-0.05, 0) is 65.4 Å². The fourth-order valence-electron chi connectivity index (χ4n) is 5.23. The maximum absolute atomic E-state index is 13.7. The third-order valence-corrected chi connectivity index (χ3v) is 11.1. The van der Waals surface area contributed by atoms with Crippen LogP contribution in [0.4, 0.5) is 25.2 Å². The summed E-state index contributed by atoms with van der Waals surface area (Å²) in [5, 5.41) is 1.58. The van der Waals surface area contributed by atoms with Gasteiger partial charge in [-0.3, -0.25) is 9.59 Å². The van der Waals surface area contributed by atoms with Gasteiger partial charge in [0.25, 0.3) is 0 Å². The molecule has 0 N–H and O–H groups in total. The molecular formula is C32H29F6O2PS2. The van der Waals surface area contributed by atoms with Crippen molar-refractivity contribution >= 4 is 60.4 Å². The zero-order valence-corrected chi connectivity index (χ0v) is 26.2. The molecule has 6 rings (SSSR count). The van der Waals surface area contributed by atoms with Crippen molar-refractivity contribution in [3.8, 4) is 0 Å². The van der Waals surface area contributed by atoms with Crippen LogP contribution in [0.25, 0.3) is 20.2 Å². The van der Waals surface area contributed by atoms with E-state index in [4.69, 9.17) is 0 Å². The fourth-order valence-corrected chi connectivity index (χ4v) is 8.95. The standard InChI is InChI=1S/C32H28O2S2.F6P/c1-18(2)20-9-12-27-24(15-20)32(34)25-17-22(11-13-28(25)35-27)36-29-8-6-5-7-23(29)31(33)26-16-21(19(3)4)10-14-30(26)36;1-7(2,3,4,5)6/h5-19,23H,1-4H3;/q;-1/p+1. The van der Waals surface area contributed by atoms with Gasteiger partial charge in [0.2, 0.25) is 0 Å². The van der Waals surface area contributed by atoms with E-state index in [1.165, 1.54) is 11.1 Å². The quantitative estimate of drug-likeness (QED) is 0.0550. The second-order valence-electron chi connectivity index (χ2n) is 11.3. The molecule has 2 aliphatic rings. The number of hydrogen-bond donors (Lipinski definition) is 0. The molecule has 0 spiro atoms. The predicted molar refractivity (Wildman–Crippen MR) is 170 cm³/mol. The second kappa shape index (κ2) is 10.2. The Kier molecular flexibility index (Phi) is 7.47. The Morgan fingerprint density at radius 3 is 1.93 bits per heavy atom. The third kappa shape index (κ3) is 7.03. The number of Topliss-reactive ketones (excluding diaryl/α,β-unsaturated/α-hetero) is 1. The summed E-state index contributed by atoms with van der Waals surface area (Å²) in [6, 6.07) is 19.1. The molecule has 0 radical (unpaired) electrons. The molecule has 2 atom stereocenters. The summed E-state index contributed by atoms with van der Waals surface area (Å²) >= 11 is 1.68. The summed E-state index contributed by atoms with van der Waals surface area (Å²) in [5.74, 6) is 0.680. The number of benzene rings is 3. The Labute approximate surface area is 250 Å². The third-order valence-electron chi connectivity index (χ3n) is 7.34. The Balaban J connectivity index is 0.000000472. The molecule has 0 amide bonds. The molecule has 11 heteroatoms. The maximum atomic E-state index is 13.7. The summed E-state index contributed by atoms with van der Waals surface area (Å²) in [6.07, 6.45) is 8.16. The molecule has 43 heavy (non-hydrogen) atoms. The predicted octanol–water partition coefficient (Wildman–Crippen LogP) is 10.9. The first kappa shape index (κ1) is 31.4. The van der Waals surface area contributed by atoms with Crippen LogP contribution in [0.1, 0.15) is 61.0 Å². The zero-order chi connectivity index (χ0) is 31.5. The molecule has 2 nitrogen and oxygen atoms in total. The SMILES string of the molecule is CC(C)c1ccc2c(c1)C(=O)C1C=CC=CC1=[SH+]2c1ccc2sc3ccc(C(C)C)cc3c(=O)c2c1.F[P-](F)(F)(F)(F)F. The molecule has 228 valence electrons. The van der Waals surface area contributed by atoms with Gasteiger partial charge < -0.3 is 0 Å². The molecule has 1 aromatic heterocycles. The van der Waals surface area contributed by atoms with Crippen LogP contribution >= 0.6 is 19.1 Å². The van der Waals surface area contributed by atoms with Crippen LogP contribution in [0, 0.1) is 5.92 Å². The van der Waals surface area contributed by atoms with E-state index in [9.17, 15) is 34.8 Å². The van der Waals surface area contributed by atoms with Crippen molar-refractivity contribution in [2.75, 3.05) is 0 Å². The van der Waals surface area contributed by atoms with Gasteiger partial charge >= 0.3 is 33.0 Å². The van der Waals surface area contributed by atoms with Crippen molar-refractivity contribution in [3.05, 3.63) is 106 Å². The van der Waals surface area contributed by atoms with Crippen LogP contribution in [-0.4, -0.2) is 10.6 Å². The van der Waals surface area contributed by atoms with Crippen molar-refractivity contribution < 1.29 is 30.0 Å². The van der Waals surface area contributed by atoms with E-state index in [-0.39, 0.29) is 17.1 Å². The molecule has 4 aromatic rings. The molecule has 0 bridgehead atoms. The molecule has 3 aromatic carbocycles. The molecule has 0 saturated heterocycles. The molecule has 2 unspecified atom stereocenters. The minimum atomic E-state index is -10.7. The van der Waals surface area contributed by atoms with Crippen LogP contribution in [0.3, 0.4) is 0 Å². The van der Waals surface area contributed by atoms with E-state index >= 15 is 0 Å². The second-order valence-corrected chi connectivity index (χ2v) is 16.4. The van der Waals surface area contributed by atoms with E-state index in [0.29, 0.717) is 11.8 Å². The van der Waals surface area contributed by atoms with Gasteiger partial charge in [-0.2, -0.15) is 0 Å². The average Bonchev–Trinajstić information content (AvgIpc) is 2.91. The summed E-state index contributed by atoms with van der Waals surface area (Å²) in [7, 11) is -11.6. The van der Waals surface area contributed by atoms with Crippen LogP contribution < -0.4 is 5.43 Å². The van der Waals surface area contributed by atoms with Crippen LogP contribution in [0.5, 0.6) is 0 Å². The van der Waals surface area contributed by atoms with Gasteiger partial charge in [0.05, 0.1) is 5.56 Å². The van der Waals surface area contributed by atoms with Gasteiger partial charge in [0, 0.05) is 26.2 Å². The first-order valence-electron chi connectivity index (χ1n) is 13.6. The Bertz CT molecular complexity index is 1960. The number of rotatable bonds is 3. The average molecular weight is 655 g/mol. The number of thiol groups is 1. The summed E-state index contributed by atoms with van der Waals surface area (Å²) in [6.45, 7) is 8.63. The minimum absolute atomic E-state index is 0.0993. The molecule has 1 aliphatic carbocycles. The van der Waals surface area contributed by atoms with E-state index in [2.05, 4.69) is 88.4 Å². The number of ketones is 1. The molecule has 0 saturated carbocycles. The van der Waals surface area contributed by atoms with Gasteiger partial charge in [0.15, 0.2) is 11.2 Å². The number of carbonyl (C=O) groups is 1. The van der Waals surface area contributed by atoms with Crippen molar-refractivity contribution in [2.24, 2.45) is 5.92 Å². The Hall–Kier alpha value is -3.07. The molecule has 2 heterocycles. The fraction of sp³-hybridized carbons (Fsp3) is 0.219. The van der Waals surface area contributed by atoms with Gasteiger partial charge in [-0.15, -0.1) is 11.3 Å². The van der Waals surface area contributed by atoms with E-state index in [0.717, 1.165) is 40.4 Å².